The van der Waals surface area contributed by atoms with E-state index in [1.807, 2.05) is 6.07 Å². The molecule has 1 aliphatic heterocycles. The van der Waals surface area contributed by atoms with E-state index in [0.29, 0.717) is 6.10 Å². The Bertz CT molecular complexity index is 537. The molecule has 0 N–H and O–H groups in total. The molecule has 0 aliphatic carbocycles. The van der Waals surface area contributed by atoms with Crippen molar-refractivity contribution in [2.24, 2.45) is 0 Å². The van der Waals surface area contributed by atoms with Crippen molar-refractivity contribution in [1.82, 2.24) is 4.37 Å². The Balaban J connectivity index is 1.68. The molecule has 3 nitrogen and oxygen atoms in total. The fraction of sp³-hybridized carbons (Fsp3) is 0.500. The van der Waals surface area contributed by atoms with Gasteiger partial charge in [0.2, 0.25) is 0 Å². The van der Waals surface area contributed by atoms with E-state index in [0.717, 1.165) is 43.4 Å². The maximum absolute atomic E-state index is 5.80. The van der Waals surface area contributed by atoms with Crippen LogP contribution in [0.1, 0.15) is 12.8 Å². The zero-order valence-corrected chi connectivity index (χ0v) is 13.1. The molecule has 3 rings (SSSR count). The monoisotopic (exact) mass is 340 g/mol. The van der Waals surface area contributed by atoms with Gasteiger partial charge in [0.1, 0.15) is 5.00 Å². The third-order valence-electron chi connectivity index (χ3n) is 3.52. The molecule has 1 aromatic carbocycles. The molecular formula is C14H17BrN2OS. The molecule has 0 radical (unpaired) electrons. The summed E-state index contributed by atoms with van der Waals surface area (Å²) < 4.78 is 10.3. The highest BCUT2D eigenvalue weighted by Crippen LogP contribution is 2.33. The molecule has 0 saturated carbocycles. The highest BCUT2D eigenvalue weighted by atomic mass is 79.9. The van der Waals surface area contributed by atoms with Crippen LogP contribution in [0.2, 0.25) is 0 Å². The first kappa shape index (κ1) is 13.3. The van der Waals surface area contributed by atoms with Gasteiger partial charge in [0.25, 0.3) is 0 Å². The molecule has 19 heavy (non-hydrogen) atoms. The summed E-state index contributed by atoms with van der Waals surface area (Å²) in [5.41, 5.74) is 1.11. The molecule has 102 valence electrons. The van der Waals surface area contributed by atoms with Crippen molar-refractivity contribution in [2.45, 2.75) is 18.9 Å². The second-order valence-electron chi connectivity index (χ2n) is 4.75. The largest absolute Gasteiger partial charge is 0.377 e. The van der Waals surface area contributed by atoms with Gasteiger partial charge in [-0.05, 0) is 36.5 Å². The van der Waals surface area contributed by atoms with E-state index in [1.165, 1.54) is 10.4 Å². The summed E-state index contributed by atoms with van der Waals surface area (Å²) in [7, 11) is 0. The number of alkyl halides is 1. The van der Waals surface area contributed by atoms with E-state index in [-0.39, 0.29) is 0 Å². The minimum atomic E-state index is 0.424. The second-order valence-corrected chi connectivity index (χ2v) is 6.30. The van der Waals surface area contributed by atoms with Gasteiger partial charge in [0, 0.05) is 23.8 Å². The van der Waals surface area contributed by atoms with Crippen LogP contribution in [0.4, 0.5) is 5.00 Å². The SMILES string of the molecule is BrCCOC1CCN(c2snc3ccccc23)CC1. The smallest absolute Gasteiger partial charge is 0.119 e. The molecule has 0 bridgehead atoms. The lowest BCUT2D eigenvalue weighted by Gasteiger charge is -2.32. The Morgan fingerprint density at radius 1 is 1.32 bits per heavy atom. The zero-order chi connectivity index (χ0) is 13.1. The van der Waals surface area contributed by atoms with Crippen LogP contribution in [-0.4, -0.2) is 35.5 Å². The molecular weight excluding hydrogens is 324 g/mol. The van der Waals surface area contributed by atoms with Gasteiger partial charge in [0.15, 0.2) is 0 Å². The van der Waals surface area contributed by atoms with Crippen molar-refractivity contribution in [3.63, 3.8) is 0 Å². The van der Waals surface area contributed by atoms with Gasteiger partial charge < -0.3 is 9.64 Å². The van der Waals surface area contributed by atoms with Crippen molar-refractivity contribution in [1.29, 1.82) is 0 Å². The van der Waals surface area contributed by atoms with Crippen LogP contribution >= 0.6 is 27.5 Å². The topological polar surface area (TPSA) is 25.4 Å². The first-order valence-electron chi connectivity index (χ1n) is 6.65. The number of anilines is 1. The first-order valence-corrected chi connectivity index (χ1v) is 8.55. The fourth-order valence-electron chi connectivity index (χ4n) is 2.54. The van der Waals surface area contributed by atoms with E-state index in [1.54, 1.807) is 11.5 Å². The predicted octanol–water partition coefficient (Wildman–Crippen LogP) is 3.68. The highest BCUT2D eigenvalue weighted by molar-refractivity contribution is 9.09. The van der Waals surface area contributed by atoms with Crippen LogP contribution in [0.3, 0.4) is 0 Å². The van der Waals surface area contributed by atoms with Gasteiger partial charge in [-0.3, -0.25) is 0 Å². The molecule has 2 aromatic rings. The molecule has 0 spiro atoms. The molecule has 2 heterocycles. The van der Waals surface area contributed by atoms with Crippen LogP contribution in [0.15, 0.2) is 24.3 Å². The summed E-state index contributed by atoms with van der Waals surface area (Å²) in [5, 5.41) is 3.52. The second kappa shape index (κ2) is 6.20. The number of halogens is 1. The van der Waals surface area contributed by atoms with Crippen LogP contribution < -0.4 is 4.90 Å². The van der Waals surface area contributed by atoms with Gasteiger partial charge in [-0.1, -0.05) is 28.1 Å². The molecule has 5 heteroatoms. The first-order chi connectivity index (χ1) is 9.38. The average molecular weight is 341 g/mol. The number of fused-ring (bicyclic) bond motifs is 1. The Morgan fingerprint density at radius 2 is 2.11 bits per heavy atom. The van der Waals surface area contributed by atoms with E-state index in [2.05, 4.69) is 43.4 Å². The van der Waals surface area contributed by atoms with Crippen LogP contribution in [0.25, 0.3) is 10.9 Å². The van der Waals surface area contributed by atoms with Crippen molar-refractivity contribution in [2.75, 3.05) is 29.9 Å². The minimum absolute atomic E-state index is 0.424. The predicted molar refractivity (Wildman–Crippen MR) is 84.6 cm³/mol. The minimum Gasteiger partial charge on any atom is -0.377 e. The summed E-state index contributed by atoms with van der Waals surface area (Å²) in [6, 6.07) is 8.39. The zero-order valence-electron chi connectivity index (χ0n) is 10.7. The molecule has 1 saturated heterocycles. The molecule has 0 atom stereocenters. The van der Waals surface area contributed by atoms with Crippen LogP contribution in [-0.2, 0) is 4.74 Å². The van der Waals surface area contributed by atoms with Crippen LogP contribution in [0.5, 0.6) is 0 Å². The Kier molecular flexibility index (Phi) is 4.35. The van der Waals surface area contributed by atoms with Gasteiger partial charge in [-0.25, -0.2) is 0 Å². The number of hydrogen-bond donors (Lipinski definition) is 0. The normalized spacial score (nSPS) is 17.2. The number of nitrogens with zero attached hydrogens (tertiary/aromatic N) is 2. The average Bonchev–Trinajstić information content (AvgIpc) is 2.90. The van der Waals surface area contributed by atoms with Crippen molar-refractivity contribution in [3.8, 4) is 0 Å². The Hall–Kier alpha value is -0.650. The lowest BCUT2D eigenvalue weighted by molar-refractivity contribution is 0.0482. The summed E-state index contributed by atoms with van der Waals surface area (Å²) in [4.78, 5) is 2.45. The van der Waals surface area contributed by atoms with Crippen molar-refractivity contribution >= 4 is 43.4 Å². The third kappa shape index (κ3) is 2.93. The quantitative estimate of drug-likeness (QED) is 0.794. The maximum atomic E-state index is 5.80. The van der Waals surface area contributed by atoms with Crippen molar-refractivity contribution < 1.29 is 4.74 Å². The van der Waals surface area contributed by atoms with Gasteiger partial charge in [-0.2, -0.15) is 4.37 Å². The number of ether oxygens (including phenoxy) is 1. The van der Waals surface area contributed by atoms with Gasteiger partial charge in [-0.15, -0.1) is 0 Å². The fourth-order valence-corrected chi connectivity index (χ4v) is 3.64. The van der Waals surface area contributed by atoms with E-state index in [4.69, 9.17) is 4.74 Å². The Labute approximate surface area is 125 Å². The van der Waals surface area contributed by atoms with Gasteiger partial charge >= 0.3 is 0 Å². The van der Waals surface area contributed by atoms with E-state index >= 15 is 0 Å². The number of hydrogen-bond acceptors (Lipinski definition) is 4. The molecule has 1 fully saturated rings. The molecule has 0 unspecified atom stereocenters. The lowest BCUT2D eigenvalue weighted by atomic mass is 10.1. The maximum Gasteiger partial charge on any atom is 0.119 e. The molecule has 0 amide bonds. The summed E-state index contributed by atoms with van der Waals surface area (Å²) in [5.74, 6) is 0. The summed E-state index contributed by atoms with van der Waals surface area (Å²) in [6.45, 7) is 2.95. The molecule has 1 aliphatic rings. The number of aromatic nitrogens is 1. The van der Waals surface area contributed by atoms with Gasteiger partial charge in [0.05, 0.1) is 18.2 Å². The van der Waals surface area contributed by atoms with Crippen molar-refractivity contribution in [3.05, 3.63) is 24.3 Å². The Morgan fingerprint density at radius 3 is 2.89 bits per heavy atom. The van der Waals surface area contributed by atoms with E-state index in [9.17, 15) is 0 Å². The van der Waals surface area contributed by atoms with Crippen LogP contribution in [0, 0.1) is 0 Å². The number of benzene rings is 1. The summed E-state index contributed by atoms with van der Waals surface area (Å²) in [6.07, 6.45) is 2.64. The lowest BCUT2D eigenvalue weighted by Crippen LogP contribution is -2.36. The highest BCUT2D eigenvalue weighted by Gasteiger charge is 2.22. The number of piperidine rings is 1. The standard InChI is InChI=1S/C14H17BrN2OS/c15-7-10-18-11-5-8-17(9-6-11)14-12-3-1-2-4-13(12)16-19-14/h1-4,11H,5-10H2. The third-order valence-corrected chi connectivity index (χ3v) is 4.79. The summed E-state index contributed by atoms with van der Waals surface area (Å²) >= 11 is 5.02. The molecule has 1 aromatic heterocycles. The van der Waals surface area contributed by atoms with E-state index < -0.39 is 0 Å². The number of rotatable bonds is 4.